The van der Waals surface area contributed by atoms with Gasteiger partial charge in [0.05, 0.1) is 12.7 Å². The number of fused-ring (bicyclic) bond motifs is 1. The maximum absolute atomic E-state index is 13.2. The molecule has 1 atom stereocenters. The van der Waals surface area contributed by atoms with Crippen LogP contribution in [0.3, 0.4) is 0 Å². The Bertz CT molecular complexity index is 688. The molecular formula is C16H13ClF2O2. The van der Waals surface area contributed by atoms with Crippen LogP contribution < -0.4 is 4.74 Å². The number of rotatable bonds is 3. The van der Waals surface area contributed by atoms with Crippen molar-refractivity contribution in [2.24, 2.45) is 0 Å². The molecule has 0 fully saturated rings. The largest absolute Gasteiger partial charge is 0.493 e. The number of benzene rings is 2. The Morgan fingerprint density at radius 3 is 2.76 bits per heavy atom. The van der Waals surface area contributed by atoms with Gasteiger partial charge in [-0.1, -0.05) is 17.7 Å². The Morgan fingerprint density at radius 2 is 2.00 bits per heavy atom. The lowest BCUT2D eigenvalue weighted by molar-refractivity contribution is 0.173. The molecule has 0 saturated heterocycles. The van der Waals surface area contributed by atoms with Crippen molar-refractivity contribution in [3.8, 4) is 5.75 Å². The Morgan fingerprint density at radius 1 is 1.19 bits per heavy atom. The van der Waals surface area contributed by atoms with Gasteiger partial charge in [-0.25, -0.2) is 8.78 Å². The summed E-state index contributed by atoms with van der Waals surface area (Å²) in [6, 6.07) is 7.06. The molecule has 110 valence electrons. The van der Waals surface area contributed by atoms with Crippen molar-refractivity contribution < 1.29 is 18.6 Å². The van der Waals surface area contributed by atoms with Crippen LogP contribution >= 0.6 is 11.6 Å². The van der Waals surface area contributed by atoms with Crippen molar-refractivity contribution in [3.63, 3.8) is 0 Å². The third kappa shape index (κ3) is 2.87. The third-order valence-electron chi connectivity index (χ3n) is 3.55. The van der Waals surface area contributed by atoms with Crippen LogP contribution in [-0.4, -0.2) is 11.7 Å². The van der Waals surface area contributed by atoms with E-state index in [1.165, 1.54) is 6.07 Å². The van der Waals surface area contributed by atoms with Gasteiger partial charge in [0, 0.05) is 23.4 Å². The smallest absolute Gasteiger partial charge is 0.159 e. The van der Waals surface area contributed by atoms with Gasteiger partial charge >= 0.3 is 0 Å². The molecule has 0 radical (unpaired) electrons. The zero-order valence-electron chi connectivity index (χ0n) is 11.1. The van der Waals surface area contributed by atoms with E-state index >= 15 is 0 Å². The minimum Gasteiger partial charge on any atom is -0.493 e. The third-order valence-corrected chi connectivity index (χ3v) is 3.77. The van der Waals surface area contributed by atoms with E-state index in [0.717, 1.165) is 24.1 Å². The maximum Gasteiger partial charge on any atom is 0.159 e. The Balaban J connectivity index is 1.89. The van der Waals surface area contributed by atoms with Crippen molar-refractivity contribution in [2.45, 2.75) is 18.9 Å². The fourth-order valence-corrected chi connectivity index (χ4v) is 2.79. The molecule has 5 heteroatoms. The molecule has 1 aliphatic rings. The standard InChI is InChI=1S/C16H13ClF2O2/c17-11-7-10-3-4-21-16(10)12(8-11)15(20)6-9-1-2-13(18)14(19)5-9/h1-2,5,7-8,15,20H,3-4,6H2. The van der Waals surface area contributed by atoms with E-state index in [2.05, 4.69) is 0 Å². The summed E-state index contributed by atoms with van der Waals surface area (Å²) in [7, 11) is 0. The highest BCUT2D eigenvalue weighted by Gasteiger charge is 2.22. The van der Waals surface area contributed by atoms with Gasteiger partial charge in [-0.3, -0.25) is 0 Å². The Labute approximate surface area is 125 Å². The average Bonchev–Trinajstić information content (AvgIpc) is 2.90. The van der Waals surface area contributed by atoms with Crippen molar-refractivity contribution in [2.75, 3.05) is 6.61 Å². The highest BCUT2D eigenvalue weighted by molar-refractivity contribution is 6.30. The van der Waals surface area contributed by atoms with Crippen LogP contribution in [0, 0.1) is 11.6 Å². The van der Waals surface area contributed by atoms with Gasteiger partial charge in [-0.15, -0.1) is 0 Å². The highest BCUT2D eigenvalue weighted by Crippen LogP contribution is 2.37. The molecule has 1 aliphatic heterocycles. The van der Waals surface area contributed by atoms with Crippen LogP contribution in [0.2, 0.25) is 5.02 Å². The second-order valence-electron chi connectivity index (χ2n) is 5.05. The topological polar surface area (TPSA) is 29.5 Å². The number of hydrogen-bond donors (Lipinski definition) is 1. The first kappa shape index (κ1) is 14.3. The minimum absolute atomic E-state index is 0.160. The summed E-state index contributed by atoms with van der Waals surface area (Å²) < 4.78 is 31.7. The molecular weight excluding hydrogens is 298 g/mol. The molecule has 0 bridgehead atoms. The van der Waals surface area contributed by atoms with E-state index in [9.17, 15) is 13.9 Å². The molecule has 1 N–H and O–H groups in total. The summed E-state index contributed by atoms with van der Waals surface area (Å²) in [4.78, 5) is 0. The van der Waals surface area contributed by atoms with E-state index in [0.29, 0.717) is 28.5 Å². The van der Waals surface area contributed by atoms with Gasteiger partial charge in [-0.2, -0.15) is 0 Å². The van der Waals surface area contributed by atoms with Gasteiger partial charge < -0.3 is 9.84 Å². The zero-order chi connectivity index (χ0) is 15.0. The van der Waals surface area contributed by atoms with E-state index in [-0.39, 0.29) is 6.42 Å². The van der Waals surface area contributed by atoms with Crippen molar-refractivity contribution in [1.29, 1.82) is 0 Å². The summed E-state index contributed by atoms with van der Waals surface area (Å²) in [6.45, 7) is 0.556. The molecule has 0 amide bonds. The Kier molecular flexibility index (Phi) is 3.83. The second kappa shape index (κ2) is 5.62. The monoisotopic (exact) mass is 310 g/mol. The van der Waals surface area contributed by atoms with Crippen molar-refractivity contribution in [3.05, 3.63) is 63.7 Å². The molecule has 2 aromatic carbocycles. The van der Waals surface area contributed by atoms with Crippen LogP contribution in [-0.2, 0) is 12.8 Å². The summed E-state index contributed by atoms with van der Waals surface area (Å²) in [6.07, 6.45) is 0.0223. The predicted octanol–water partition coefficient (Wildman–Crippen LogP) is 3.83. The molecule has 3 rings (SSSR count). The van der Waals surface area contributed by atoms with Crippen LogP contribution in [0.5, 0.6) is 5.75 Å². The minimum atomic E-state index is -0.924. The van der Waals surface area contributed by atoms with Gasteiger partial charge in [0.2, 0.25) is 0 Å². The van der Waals surface area contributed by atoms with Crippen LogP contribution in [0.15, 0.2) is 30.3 Å². The zero-order valence-corrected chi connectivity index (χ0v) is 11.8. The summed E-state index contributed by atoms with van der Waals surface area (Å²) in [5.41, 5.74) is 2.05. The first-order valence-corrected chi connectivity index (χ1v) is 6.99. The number of hydrogen-bond acceptors (Lipinski definition) is 2. The second-order valence-corrected chi connectivity index (χ2v) is 5.49. The van der Waals surface area contributed by atoms with Gasteiger partial charge in [0.25, 0.3) is 0 Å². The maximum atomic E-state index is 13.2. The fourth-order valence-electron chi connectivity index (χ4n) is 2.55. The lowest BCUT2D eigenvalue weighted by Crippen LogP contribution is -2.05. The van der Waals surface area contributed by atoms with Gasteiger partial charge in [0.15, 0.2) is 11.6 Å². The van der Waals surface area contributed by atoms with Crippen LogP contribution in [0.1, 0.15) is 22.8 Å². The molecule has 1 heterocycles. The Hall–Kier alpha value is -1.65. The molecule has 0 aliphatic carbocycles. The first-order chi connectivity index (χ1) is 10.0. The van der Waals surface area contributed by atoms with Gasteiger partial charge in [-0.05, 0) is 35.4 Å². The number of aliphatic hydroxyl groups is 1. The predicted molar refractivity (Wildman–Crippen MR) is 75.7 cm³/mol. The van der Waals surface area contributed by atoms with E-state index in [1.807, 2.05) is 6.07 Å². The first-order valence-electron chi connectivity index (χ1n) is 6.61. The highest BCUT2D eigenvalue weighted by atomic mass is 35.5. The fraction of sp³-hybridized carbons (Fsp3) is 0.250. The molecule has 2 nitrogen and oxygen atoms in total. The summed E-state index contributed by atoms with van der Waals surface area (Å²) in [5, 5.41) is 10.9. The van der Waals surface area contributed by atoms with Gasteiger partial charge in [0.1, 0.15) is 5.75 Å². The normalized spacial score (nSPS) is 14.7. The molecule has 0 aromatic heterocycles. The van der Waals surface area contributed by atoms with Crippen molar-refractivity contribution >= 4 is 11.6 Å². The molecule has 0 saturated carbocycles. The van der Waals surface area contributed by atoms with E-state index in [4.69, 9.17) is 16.3 Å². The number of aliphatic hydroxyl groups excluding tert-OH is 1. The number of halogens is 3. The van der Waals surface area contributed by atoms with Crippen LogP contribution in [0.25, 0.3) is 0 Å². The quantitative estimate of drug-likeness (QED) is 0.933. The average molecular weight is 311 g/mol. The SMILES string of the molecule is OC(Cc1ccc(F)c(F)c1)c1cc(Cl)cc2c1OCC2. The molecule has 1 unspecified atom stereocenters. The summed E-state index contributed by atoms with van der Waals surface area (Å²) >= 11 is 6.05. The lowest BCUT2D eigenvalue weighted by Gasteiger charge is -2.15. The lowest BCUT2D eigenvalue weighted by atomic mass is 9.98. The van der Waals surface area contributed by atoms with E-state index in [1.54, 1.807) is 6.07 Å². The molecule has 21 heavy (non-hydrogen) atoms. The summed E-state index contributed by atoms with van der Waals surface area (Å²) in [5.74, 6) is -1.18. The van der Waals surface area contributed by atoms with E-state index < -0.39 is 17.7 Å². The molecule has 2 aromatic rings. The van der Waals surface area contributed by atoms with Crippen molar-refractivity contribution in [1.82, 2.24) is 0 Å². The number of ether oxygens (including phenoxy) is 1. The molecule has 0 spiro atoms. The van der Waals surface area contributed by atoms with Crippen LogP contribution in [0.4, 0.5) is 8.78 Å².